The molecule has 0 spiro atoms. The molecular formula is C11H13N3S2. The highest BCUT2D eigenvalue weighted by molar-refractivity contribution is 8.01. The predicted molar refractivity (Wildman–Crippen MR) is 70.3 cm³/mol. The summed E-state index contributed by atoms with van der Waals surface area (Å²) in [4.78, 5) is 0. The Morgan fingerprint density at radius 3 is 2.75 bits per heavy atom. The van der Waals surface area contributed by atoms with Crippen LogP contribution in [0.4, 0.5) is 5.13 Å². The first-order valence-electron chi connectivity index (χ1n) is 5.06. The van der Waals surface area contributed by atoms with E-state index in [1.807, 2.05) is 13.1 Å². The van der Waals surface area contributed by atoms with E-state index in [0.29, 0.717) is 0 Å². The Kier molecular flexibility index (Phi) is 4.18. The van der Waals surface area contributed by atoms with E-state index in [2.05, 4.69) is 39.8 Å². The molecule has 0 atom stereocenters. The van der Waals surface area contributed by atoms with Crippen molar-refractivity contribution < 1.29 is 0 Å². The molecule has 1 N–H and O–H groups in total. The van der Waals surface area contributed by atoms with Gasteiger partial charge in [0.2, 0.25) is 5.13 Å². The van der Waals surface area contributed by atoms with E-state index >= 15 is 0 Å². The second-order valence-corrected chi connectivity index (χ2v) is 5.53. The van der Waals surface area contributed by atoms with Crippen LogP contribution < -0.4 is 5.32 Å². The predicted octanol–water partition coefficient (Wildman–Crippen LogP) is 2.91. The molecule has 5 heteroatoms. The van der Waals surface area contributed by atoms with Gasteiger partial charge in [0.25, 0.3) is 0 Å². The van der Waals surface area contributed by atoms with Gasteiger partial charge >= 0.3 is 0 Å². The van der Waals surface area contributed by atoms with Crippen molar-refractivity contribution in [3.05, 3.63) is 35.9 Å². The Morgan fingerprint density at radius 1 is 1.25 bits per heavy atom. The summed E-state index contributed by atoms with van der Waals surface area (Å²) in [7, 11) is 1.86. The van der Waals surface area contributed by atoms with E-state index in [9.17, 15) is 0 Å². The number of nitrogens with zero attached hydrogens (tertiary/aromatic N) is 2. The highest BCUT2D eigenvalue weighted by atomic mass is 32.2. The van der Waals surface area contributed by atoms with Crippen molar-refractivity contribution in [2.75, 3.05) is 18.1 Å². The SMILES string of the molecule is CNc1nnc(SCCc2ccccc2)s1. The van der Waals surface area contributed by atoms with Crippen molar-refractivity contribution in [3.63, 3.8) is 0 Å². The van der Waals surface area contributed by atoms with E-state index < -0.39 is 0 Å². The molecule has 0 radical (unpaired) electrons. The summed E-state index contributed by atoms with van der Waals surface area (Å²) in [6.45, 7) is 0. The second-order valence-electron chi connectivity index (χ2n) is 3.21. The van der Waals surface area contributed by atoms with Crippen molar-refractivity contribution in [3.8, 4) is 0 Å². The molecule has 0 bridgehead atoms. The van der Waals surface area contributed by atoms with Crippen molar-refractivity contribution in [2.24, 2.45) is 0 Å². The first-order chi connectivity index (χ1) is 7.88. The minimum absolute atomic E-state index is 0.877. The molecule has 0 saturated carbocycles. The van der Waals surface area contributed by atoms with Crippen LogP contribution in [0.3, 0.4) is 0 Å². The summed E-state index contributed by atoms with van der Waals surface area (Å²) < 4.78 is 1.03. The van der Waals surface area contributed by atoms with E-state index in [1.54, 1.807) is 23.1 Å². The lowest BCUT2D eigenvalue weighted by Crippen LogP contribution is -1.87. The van der Waals surface area contributed by atoms with E-state index in [-0.39, 0.29) is 0 Å². The molecule has 0 unspecified atom stereocenters. The van der Waals surface area contributed by atoms with Crippen LogP contribution in [0.1, 0.15) is 5.56 Å². The van der Waals surface area contributed by atoms with Crippen molar-refractivity contribution in [2.45, 2.75) is 10.8 Å². The van der Waals surface area contributed by atoms with Crippen molar-refractivity contribution >= 4 is 28.2 Å². The third-order valence-electron chi connectivity index (χ3n) is 2.08. The van der Waals surface area contributed by atoms with Gasteiger partial charge < -0.3 is 5.32 Å². The van der Waals surface area contributed by atoms with Gasteiger partial charge in [-0.05, 0) is 12.0 Å². The molecule has 0 fully saturated rings. The highest BCUT2D eigenvalue weighted by Gasteiger charge is 2.02. The maximum absolute atomic E-state index is 4.09. The fraction of sp³-hybridized carbons (Fsp3) is 0.273. The summed E-state index contributed by atoms with van der Waals surface area (Å²) in [5.41, 5.74) is 1.37. The molecule has 1 aromatic carbocycles. The van der Waals surface area contributed by atoms with Gasteiger partial charge in [-0.3, -0.25) is 0 Å². The smallest absolute Gasteiger partial charge is 0.206 e. The number of thioether (sulfide) groups is 1. The lowest BCUT2D eigenvalue weighted by Gasteiger charge is -1.98. The normalized spacial score (nSPS) is 10.3. The van der Waals surface area contributed by atoms with Crippen LogP contribution in [0.25, 0.3) is 0 Å². The van der Waals surface area contributed by atoms with Crippen molar-refractivity contribution in [1.29, 1.82) is 0 Å². The average Bonchev–Trinajstić information content (AvgIpc) is 2.78. The van der Waals surface area contributed by atoms with Gasteiger partial charge in [0, 0.05) is 12.8 Å². The molecule has 16 heavy (non-hydrogen) atoms. The Labute approximate surface area is 103 Å². The molecule has 84 valence electrons. The topological polar surface area (TPSA) is 37.8 Å². The highest BCUT2D eigenvalue weighted by Crippen LogP contribution is 2.25. The number of aryl methyl sites for hydroxylation is 1. The number of aromatic nitrogens is 2. The number of anilines is 1. The molecule has 0 aliphatic carbocycles. The number of nitrogens with one attached hydrogen (secondary N) is 1. The van der Waals surface area contributed by atoms with Gasteiger partial charge in [0.15, 0.2) is 4.34 Å². The average molecular weight is 251 g/mol. The standard InChI is InChI=1S/C11H13N3S2/c1-12-10-13-14-11(16-10)15-8-7-9-5-3-2-4-6-9/h2-6H,7-8H2,1H3,(H,12,13). The van der Waals surface area contributed by atoms with Crippen LogP contribution in [0, 0.1) is 0 Å². The first-order valence-corrected chi connectivity index (χ1v) is 6.86. The summed E-state index contributed by atoms with van der Waals surface area (Å²) >= 11 is 3.35. The molecule has 2 rings (SSSR count). The Hall–Kier alpha value is -1.07. The summed E-state index contributed by atoms with van der Waals surface area (Å²) in [6.07, 6.45) is 1.07. The van der Waals surface area contributed by atoms with Gasteiger partial charge in [-0.1, -0.05) is 53.4 Å². The van der Waals surface area contributed by atoms with Crippen LogP contribution in [0.5, 0.6) is 0 Å². The molecule has 1 heterocycles. The maximum Gasteiger partial charge on any atom is 0.206 e. The summed E-state index contributed by atoms with van der Waals surface area (Å²) in [5.74, 6) is 1.04. The minimum atomic E-state index is 0.877. The van der Waals surface area contributed by atoms with E-state index in [4.69, 9.17) is 0 Å². The number of hydrogen-bond acceptors (Lipinski definition) is 5. The van der Waals surface area contributed by atoms with Crippen LogP contribution in [-0.2, 0) is 6.42 Å². The molecule has 0 aliphatic rings. The van der Waals surface area contributed by atoms with Crippen LogP contribution >= 0.6 is 23.1 Å². The number of rotatable bonds is 5. The van der Waals surface area contributed by atoms with Crippen molar-refractivity contribution in [1.82, 2.24) is 10.2 Å². The second kappa shape index (κ2) is 5.86. The third-order valence-corrected chi connectivity index (χ3v) is 4.16. The van der Waals surface area contributed by atoms with E-state index in [1.165, 1.54) is 5.56 Å². The lowest BCUT2D eigenvalue weighted by molar-refractivity contribution is 1.01. The summed E-state index contributed by atoms with van der Waals surface area (Å²) in [6, 6.07) is 10.5. The van der Waals surface area contributed by atoms with Crippen LogP contribution in [0.15, 0.2) is 34.7 Å². The monoisotopic (exact) mass is 251 g/mol. The first kappa shape index (κ1) is 11.4. The Morgan fingerprint density at radius 2 is 2.06 bits per heavy atom. The molecule has 2 aromatic rings. The number of benzene rings is 1. The van der Waals surface area contributed by atoms with E-state index in [0.717, 1.165) is 21.6 Å². The molecule has 1 aromatic heterocycles. The Bertz CT molecular complexity index is 428. The van der Waals surface area contributed by atoms with Gasteiger partial charge in [-0.2, -0.15) is 0 Å². The molecular weight excluding hydrogens is 238 g/mol. The van der Waals surface area contributed by atoms with Crippen LogP contribution in [-0.4, -0.2) is 23.0 Å². The third kappa shape index (κ3) is 3.21. The largest absolute Gasteiger partial charge is 0.363 e. The Balaban J connectivity index is 1.80. The lowest BCUT2D eigenvalue weighted by atomic mass is 10.2. The fourth-order valence-corrected chi connectivity index (χ4v) is 3.03. The number of hydrogen-bond donors (Lipinski definition) is 1. The molecule has 0 amide bonds. The zero-order valence-electron chi connectivity index (χ0n) is 9.01. The quantitative estimate of drug-likeness (QED) is 0.829. The van der Waals surface area contributed by atoms with Gasteiger partial charge in [-0.15, -0.1) is 10.2 Å². The zero-order valence-corrected chi connectivity index (χ0v) is 10.6. The zero-order chi connectivity index (χ0) is 11.2. The summed E-state index contributed by atoms with van der Waals surface area (Å²) in [5, 5.41) is 11.9. The maximum atomic E-state index is 4.09. The van der Waals surface area contributed by atoms with Gasteiger partial charge in [0.1, 0.15) is 0 Å². The molecule has 3 nitrogen and oxygen atoms in total. The minimum Gasteiger partial charge on any atom is -0.363 e. The van der Waals surface area contributed by atoms with Crippen LogP contribution in [0.2, 0.25) is 0 Å². The molecule has 0 aliphatic heterocycles. The fourth-order valence-electron chi connectivity index (χ4n) is 1.27. The van der Waals surface area contributed by atoms with Gasteiger partial charge in [-0.25, -0.2) is 0 Å². The van der Waals surface area contributed by atoms with Gasteiger partial charge in [0.05, 0.1) is 0 Å². The molecule has 0 saturated heterocycles.